The molecule has 2 aromatic carbocycles. The first-order valence-electron chi connectivity index (χ1n) is 13.6. The van der Waals surface area contributed by atoms with Crippen LogP contribution in [0.3, 0.4) is 0 Å². The van der Waals surface area contributed by atoms with Crippen LogP contribution in [0.4, 0.5) is 0 Å². The Morgan fingerprint density at radius 1 is 1.15 bits per heavy atom. The number of carbonyl (C=O) groups is 1. The molecule has 1 aliphatic rings. The molecule has 212 valence electrons. The number of methoxy groups -OCH3 is 1. The van der Waals surface area contributed by atoms with Gasteiger partial charge in [0.1, 0.15) is 24.0 Å². The van der Waals surface area contributed by atoms with Crippen molar-refractivity contribution in [3.63, 3.8) is 0 Å². The summed E-state index contributed by atoms with van der Waals surface area (Å²) in [4.78, 5) is 30.1. The highest BCUT2D eigenvalue weighted by Crippen LogP contribution is 2.34. The average Bonchev–Trinajstić information content (AvgIpc) is 3.69. The number of rotatable bonds is 12. The number of halogens is 1. The van der Waals surface area contributed by atoms with Gasteiger partial charge in [-0.25, -0.2) is 4.98 Å². The van der Waals surface area contributed by atoms with Crippen LogP contribution >= 0.6 is 15.9 Å². The van der Waals surface area contributed by atoms with Gasteiger partial charge >= 0.3 is 5.97 Å². The second-order valence-corrected chi connectivity index (χ2v) is 18.0. The van der Waals surface area contributed by atoms with Crippen LogP contribution in [0.25, 0.3) is 21.9 Å². The van der Waals surface area contributed by atoms with Crippen molar-refractivity contribution in [2.24, 2.45) is 5.92 Å². The van der Waals surface area contributed by atoms with E-state index in [1.165, 1.54) is 20.0 Å². The summed E-state index contributed by atoms with van der Waals surface area (Å²) < 4.78 is 21.7. The molecular weight excluding hydrogens is 592 g/mol. The van der Waals surface area contributed by atoms with Gasteiger partial charge in [0, 0.05) is 26.1 Å². The van der Waals surface area contributed by atoms with Crippen molar-refractivity contribution in [1.29, 1.82) is 0 Å². The fourth-order valence-electron chi connectivity index (χ4n) is 4.45. The number of fused-ring (bicyclic) bond motifs is 2. The molecule has 0 saturated heterocycles. The van der Waals surface area contributed by atoms with E-state index in [2.05, 4.69) is 40.7 Å². The number of ether oxygens (including phenoxy) is 3. The number of imidazole rings is 1. The Bertz CT molecular complexity index is 1610. The van der Waals surface area contributed by atoms with Crippen LogP contribution < -0.4 is 10.2 Å². The van der Waals surface area contributed by atoms with Crippen LogP contribution in [-0.2, 0) is 34.0 Å². The first kappa shape index (κ1) is 28.5. The van der Waals surface area contributed by atoms with Crippen LogP contribution in [-0.4, -0.2) is 53.7 Å². The zero-order valence-electron chi connectivity index (χ0n) is 23.4. The van der Waals surface area contributed by atoms with Gasteiger partial charge in [-0.1, -0.05) is 31.8 Å². The summed E-state index contributed by atoms with van der Waals surface area (Å²) in [5.74, 6) is 1.62. The van der Waals surface area contributed by atoms with Gasteiger partial charge in [-0.05, 0) is 58.9 Å². The summed E-state index contributed by atoms with van der Waals surface area (Å²) in [6.07, 6.45) is 2.22. The number of hydrogen-bond acceptors (Lipinski definition) is 7. The summed E-state index contributed by atoms with van der Waals surface area (Å²) in [5.41, 5.74) is 2.22. The Labute approximate surface area is 242 Å². The van der Waals surface area contributed by atoms with E-state index in [9.17, 15) is 9.59 Å². The molecule has 0 atom stereocenters. The van der Waals surface area contributed by atoms with Gasteiger partial charge in [-0.15, -0.1) is 0 Å². The van der Waals surface area contributed by atoms with Crippen molar-refractivity contribution in [1.82, 2.24) is 19.3 Å². The summed E-state index contributed by atoms with van der Waals surface area (Å²) in [7, 11) is 0.0426. The fraction of sp³-hybridized carbons (Fsp3) is 0.448. The molecule has 2 heterocycles. The molecule has 1 aliphatic carbocycles. The second-order valence-electron chi connectivity index (χ2n) is 11.5. The van der Waals surface area contributed by atoms with Crippen molar-refractivity contribution >= 4 is 51.9 Å². The van der Waals surface area contributed by atoms with Crippen molar-refractivity contribution < 1.29 is 19.0 Å². The molecule has 2 aromatic heterocycles. The second kappa shape index (κ2) is 11.8. The van der Waals surface area contributed by atoms with E-state index in [1.54, 1.807) is 16.8 Å². The number of hydrogen-bond donors (Lipinski definition) is 0. The maximum absolute atomic E-state index is 13.1. The number of benzene rings is 2. The number of esters is 1. The summed E-state index contributed by atoms with van der Waals surface area (Å²) in [6.45, 7) is 8.95. The van der Waals surface area contributed by atoms with E-state index < -0.39 is 14.0 Å². The topological polar surface area (TPSA) is 97.5 Å². The van der Waals surface area contributed by atoms with Crippen LogP contribution in [0, 0.1) is 5.92 Å². The molecule has 9 nitrogen and oxygen atoms in total. The molecule has 4 aromatic rings. The van der Waals surface area contributed by atoms with Crippen LogP contribution in [0.2, 0.25) is 25.7 Å². The normalized spacial score (nSPS) is 13.7. The first-order chi connectivity index (χ1) is 19.1. The third-order valence-electron chi connectivity index (χ3n) is 7.03. The minimum atomic E-state index is -1.26. The Hall–Kier alpha value is -3.02. The van der Waals surface area contributed by atoms with E-state index in [4.69, 9.17) is 19.2 Å². The van der Waals surface area contributed by atoms with Gasteiger partial charge in [0.15, 0.2) is 0 Å². The smallest absolute Gasteiger partial charge is 0.311 e. The molecule has 0 unspecified atom stereocenters. The third kappa shape index (κ3) is 6.64. The molecule has 11 heteroatoms. The maximum atomic E-state index is 13.1. The van der Waals surface area contributed by atoms with E-state index in [0.29, 0.717) is 36.8 Å². The molecule has 40 heavy (non-hydrogen) atoms. The van der Waals surface area contributed by atoms with Crippen LogP contribution in [0.1, 0.15) is 24.4 Å². The van der Waals surface area contributed by atoms with Crippen molar-refractivity contribution in [3.05, 3.63) is 62.6 Å². The van der Waals surface area contributed by atoms with Gasteiger partial charge in [-0.3, -0.25) is 14.3 Å². The lowest BCUT2D eigenvalue weighted by Crippen LogP contribution is -2.24. The predicted molar refractivity (Wildman–Crippen MR) is 161 cm³/mol. The third-order valence-corrected chi connectivity index (χ3v) is 9.35. The molecule has 0 spiro atoms. The zero-order valence-corrected chi connectivity index (χ0v) is 26.0. The maximum Gasteiger partial charge on any atom is 0.311 e. The highest BCUT2D eigenvalue weighted by molar-refractivity contribution is 9.10. The molecule has 0 aliphatic heterocycles. The van der Waals surface area contributed by atoms with Gasteiger partial charge in [0.2, 0.25) is 5.43 Å². The lowest BCUT2D eigenvalue weighted by Gasteiger charge is -2.17. The van der Waals surface area contributed by atoms with Crippen molar-refractivity contribution in [2.45, 2.75) is 58.2 Å². The Morgan fingerprint density at radius 3 is 2.65 bits per heavy atom. The number of carbonyl (C=O) groups excluding carboxylic acids is 1. The SMILES string of the molecule is COC(=O)Cc1nn(Cc2nc3cc(Br)c(OCC4CC4)cc3n2COCC[Si](C)(C)C)c2ccccc2c1=O. The molecule has 0 radical (unpaired) electrons. The number of nitrogens with zero attached hydrogens (tertiary/aromatic N) is 4. The van der Waals surface area contributed by atoms with Crippen molar-refractivity contribution in [2.75, 3.05) is 20.3 Å². The summed E-state index contributed by atoms with van der Waals surface area (Å²) >= 11 is 3.66. The molecule has 1 saturated carbocycles. The molecule has 0 bridgehead atoms. The quantitative estimate of drug-likeness (QED) is 0.118. The van der Waals surface area contributed by atoms with Crippen molar-refractivity contribution in [3.8, 4) is 5.75 Å². The zero-order chi connectivity index (χ0) is 28.4. The average molecular weight is 628 g/mol. The minimum absolute atomic E-state index is 0.137. The van der Waals surface area contributed by atoms with Gasteiger partial charge < -0.3 is 18.8 Å². The van der Waals surface area contributed by atoms with Crippen LogP contribution in [0.15, 0.2) is 45.7 Å². The molecule has 0 N–H and O–H groups in total. The standard InChI is InChI=1S/C29H35BrN4O5Si/c1-37-28(35)14-23-29(36)20-7-5-6-8-24(20)34(32-23)16-27-31-22-13-21(30)26(39-17-19-9-10-19)15-25(22)33(27)18-38-11-12-40(2,3)4/h5-8,13,15,19H,9-12,14,16-18H2,1-4H3. The minimum Gasteiger partial charge on any atom is -0.492 e. The lowest BCUT2D eigenvalue weighted by atomic mass is 10.1. The fourth-order valence-corrected chi connectivity index (χ4v) is 5.65. The monoisotopic (exact) mass is 626 g/mol. The van der Waals surface area contributed by atoms with Gasteiger partial charge in [0.25, 0.3) is 0 Å². The Kier molecular flexibility index (Phi) is 8.44. The summed E-state index contributed by atoms with van der Waals surface area (Å²) in [5, 5.41) is 5.09. The molecule has 1 fully saturated rings. The predicted octanol–water partition coefficient (Wildman–Crippen LogP) is 5.37. The Balaban J connectivity index is 1.55. The van der Waals surface area contributed by atoms with E-state index >= 15 is 0 Å². The highest BCUT2D eigenvalue weighted by atomic mass is 79.9. The highest BCUT2D eigenvalue weighted by Gasteiger charge is 2.23. The van der Waals surface area contributed by atoms with Crippen LogP contribution in [0.5, 0.6) is 5.75 Å². The largest absolute Gasteiger partial charge is 0.492 e. The summed E-state index contributed by atoms with van der Waals surface area (Å²) in [6, 6.07) is 12.3. The molecule has 5 rings (SSSR count). The van der Waals surface area contributed by atoms with Gasteiger partial charge in [-0.2, -0.15) is 5.10 Å². The molecule has 0 amide bonds. The van der Waals surface area contributed by atoms with Gasteiger partial charge in [0.05, 0.1) is 47.7 Å². The number of aromatic nitrogens is 4. The van der Waals surface area contributed by atoms with E-state index in [0.717, 1.165) is 33.1 Å². The lowest BCUT2D eigenvalue weighted by molar-refractivity contribution is -0.139. The van der Waals surface area contributed by atoms with E-state index in [1.807, 2.05) is 28.8 Å². The Morgan fingerprint density at radius 2 is 1.93 bits per heavy atom. The molecular formula is C29H35BrN4O5Si. The first-order valence-corrected chi connectivity index (χ1v) is 18.1. The number of para-hydroxylation sites is 1. The van der Waals surface area contributed by atoms with E-state index in [-0.39, 0.29) is 24.1 Å².